The van der Waals surface area contributed by atoms with Gasteiger partial charge in [-0.25, -0.2) is 9.78 Å². The molecule has 3 N–H and O–H groups in total. The number of ether oxygens (including phenoxy) is 1. The highest BCUT2D eigenvalue weighted by Crippen LogP contribution is 2.18. The number of rotatable bonds is 5. The molecule has 134 valence electrons. The van der Waals surface area contributed by atoms with E-state index in [1.807, 2.05) is 6.92 Å². The second kappa shape index (κ2) is 7.44. The number of benzene rings is 1. The molecule has 0 saturated heterocycles. The minimum Gasteiger partial charge on any atom is -0.465 e. The molecule has 3 aromatic rings. The number of fused-ring (bicyclic) bond motifs is 1. The van der Waals surface area contributed by atoms with Crippen LogP contribution in [0.2, 0.25) is 0 Å². The molecule has 0 fully saturated rings. The number of nitrogens with zero attached hydrogens (tertiary/aromatic N) is 1. The zero-order valence-electron chi connectivity index (χ0n) is 14.1. The molecule has 0 spiro atoms. The van der Waals surface area contributed by atoms with E-state index in [2.05, 4.69) is 20.3 Å². The van der Waals surface area contributed by atoms with E-state index < -0.39 is 5.97 Å². The summed E-state index contributed by atoms with van der Waals surface area (Å²) in [7, 11) is 1.28. The predicted octanol–water partition coefficient (Wildman–Crippen LogP) is 2.08. The number of aromatic nitrogens is 3. The highest BCUT2D eigenvalue weighted by Gasteiger charge is 2.14. The van der Waals surface area contributed by atoms with E-state index in [4.69, 9.17) is 4.74 Å². The van der Waals surface area contributed by atoms with Gasteiger partial charge in [-0.1, -0.05) is 23.9 Å². The van der Waals surface area contributed by atoms with Crippen molar-refractivity contribution in [3.05, 3.63) is 51.9 Å². The Morgan fingerprint density at radius 3 is 2.81 bits per heavy atom. The highest BCUT2D eigenvalue weighted by molar-refractivity contribution is 7.99. The van der Waals surface area contributed by atoms with Crippen molar-refractivity contribution in [3.63, 3.8) is 0 Å². The molecule has 9 heteroatoms. The van der Waals surface area contributed by atoms with Crippen LogP contribution in [0.3, 0.4) is 0 Å². The lowest BCUT2D eigenvalue weighted by Gasteiger charge is -2.09. The van der Waals surface area contributed by atoms with Crippen molar-refractivity contribution in [2.24, 2.45) is 0 Å². The van der Waals surface area contributed by atoms with Crippen LogP contribution in [-0.4, -0.2) is 39.7 Å². The molecule has 0 aliphatic heterocycles. The number of amides is 1. The molecule has 1 amide bonds. The van der Waals surface area contributed by atoms with Gasteiger partial charge in [-0.05, 0) is 25.1 Å². The van der Waals surface area contributed by atoms with Crippen molar-refractivity contribution >= 4 is 40.4 Å². The van der Waals surface area contributed by atoms with Gasteiger partial charge in [-0.2, -0.15) is 0 Å². The Morgan fingerprint density at radius 2 is 2.04 bits per heavy atom. The monoisotopic (exact) mass is 372 g/mol. The van der Waals surface area contributed by atoms with Gasteiger partial charge in [-0.15, -0.1) is 0 Å². The van der Waals surface area contributed by atoms with Gasteiger partial charge in [0.05, 0.1) is 29.6 Å². The average Bonchev–Trinajstić information content (AvgIpc) is 3.01. The molecule has 2 heterocycles. The number of carbonyl (C=O) groups excluding carboxylic acids is 2. The van der Waals surface area contributed by atoms with Gasteiger partial charge in [0.25, 0.3) is 5.56 Å². The maximum absolute atomic E-state index is 12.2. The molecule has 0 unspecified atom stereocenters. The van der Waals surface area contributed by atoms with Crippen LogP contribution in [0.15, 0.2) is 40.3 Å². The molecule has 0 aliphatic carbocycles. The van der Waals surface area contributed by atoms with Gasteiger partial charge < -0.3 is 15.0 Å². The first-order valence-corrected chi connectivity index (χ1v) is 8.66. The first kappa shape index (κ1) is 17.7. The second-order valence-corrected chi connectivity index (χ2v) is 6.42. The summed E-state index contributed by atoms with van der Waals surface area (Å²) in [6.07, 6.45) is 0. The number of hydrogen-bond acceptors (Lipinski definition) is 6. The fourth-order valence-corrected chi connectivity index (χ4v) is 3.07. The molecule has 0 aliphatic rings. The summed E-state index contributed by atoms with van der Waals surface area (Å²) >= 11 is 1.10. The Labute approximate surface area is 152 Å². The van der Waals surface area contributed by atoms with Crippen LogP contribution in [0.4, 0.5) is 5.69 Å². The lowest BCUT2D eigenvalue weighted by atomic mass is 10.2. The number of para-hydroxylation sites is 1. The fourth-order valence-electron chi connectivity index (χ4n) is 2.40. The summed E-state index contributed by atoms with van der Waals surface area (Å²) in [5, 5.41) is 3.01. The third-order valence-electron chi connectivity index (χ3n) is 3.55. The Bertz CT molecular complexity index is 1040. The minimum absolute atomic E-state index is 0.0212. The lowest BCUT2D eigenvalue weighted by molar-refractivity contribution is -0.113. The number of thioether (sulfide) groups is 1. The second-order valence-electron chi connectivity index (χ2n) is 5.46. The number of esters is 1. The quantitative estimate of drug-likeness (QED) is 0.359. The van der Waals surface area contributed by atoms with E-state index in [-0.39, 0.29) is 22.8 Å². The van der Waals surface area contributed by atoms with E-state index in [0.717, 1.165) is 17.5 Å². The maximum atomic E-state index is 12.2. The fraction of sp³-hybridized carbons (Fsp3) is 0.176. The topological polar surface area (TPSA) is 117 Å². The normalized spacial score (nSPS) is 10.7. The van der Waals surface area contributed by atoms with Crippen LogP contribution in [0.25, 0.3) is 11.0 Å². The van der Waals surface area contributed by atoms with E-state index in [1.165, 1.54) is 7.11 Å². The Hall–Kier alpha value is -3.07. The molecule has 8 nitrogen and oxygen atoms in total. The zero-order chi connectivity index (χ0) is 18.7. The molecular formula is C17H16N4O4S. The van der Waals surface area contributed by atoms with Crippen LogP contribution >= 0.6 is 11.8 Å². The van der Waals surface area contributed by atoms with E-state index in [9.17, 15) is 14.4 Å². The van der Waals surface area contributed by atoms with Crippen molar-refractivity contribution < 1.29 is 14.3 Å². The molecule has 26 heavy (non-hydrogen) atoms. The standard InChI is InChI=1S/C17H16N4O4S/c1-9-7-12-14(18-9)15(23)21-17(20-12)26-8-13(22)19-11-6-4-3-5-10(11)16(24)25-2/h3-7,18H,8H2,1-2H3,(H,19,22)(H,20,21,23). The summed E-state index contributed by atoms with van der Waals surface area (Å²) in [4.78, 5) is 45.8. The summed E-state index contributed by atoms with van der Waals surface area (Å²) in [6, 6.07) is 8.33. The first-order chi connectivity index (χ1) is 12.5. The number of nitrogens with one attached hydrogen (secondary N) is 3. The minimum atomic E-state index is -0.534. The average molecular weight is 372 g/mol. The van der Waals surface area contributed by atoms with Crippen molar-refractivity contribution in [3.8, 4) is 0 Å². The molecule has 1 aromatic carbocycles. The first-order valence-electron chi connectivity index (χ1n) is 7.67. The Balaban J connectivity index is 1.70. The largest absolute Gasteiger partial charge is 0.465 e. The highest BCUT2D eigenvalue weighted by atomic mass is 32.2. The van der Waals surface area contributed by atoms with E-state index in [0.29, 0.717) is 21.9 Å². The number of aromatic amines is 2. The summed E-state index contributed by atoms with van der Waals surface area (Å²) in [5.41, 5.74) is 2.13. The van der Waals surface area contributed by atoms with Crippen molar-refractivity contribution in [2.75, 3.05) is 18.2 Å². The molecule has 0 radical (unpaired) electrons. The van der Waals surface area contributed by atoms with Crippen LogP contribution in [0.5, 0.6) is 0 Å². The number of carbonyl (C=O) groups is 2. The van der Waals surface area contributed by atoms with Gasteiger partial charge in [0.15, 0.2) is 5.16 Å². The number of methoxy groups -OCH3 is 1. The molecule has 0 bridgehead atoms. The Morgan fingerprint density at radius 1 is 1.27 bits per heavy atom. The van der Waals surface area contributed by atoms with Crippen molar-refractivity contribution in [2.45, 2.75) is 12.1 Å². The van der Waals surface area contributed by atoms with Gasteiger partial charge in [0, 0.05) is 5.69 Å². The van der Waals surface area contributed by atoms with Crippen molar-refractivity contribution in [1.82, 2.24) is 15.0 Å². The SMILES string of the molecule is COC(=O)c1ccccc1NC(=O)CSc1nc2cc(C)[nH]c2c(=O)[nH]1. The molecule has 3 rings (SSSR count). The number of H-pyrrole nitrogens is 2. The molecule has 0 saturated carbocycles. The third-order valence-corrected chi connectivity index (χ3v) is 4.42. The summed E-state index contributed by atoms with van der Waals surface area (Å²) < 4.78 is 4.70. The molecule has 0 atom stereocenters. The molecular weight excluding hydrogens is 356 g/mol. The maximum Gasteiger partial charge on any atom is 0.339 e. The number of hydrogen-bond donors (Lipinski definition) is 3. The smallest absolute Gasteiger partial charge is 0.339 e. The van der Waals surface area contributed by atoms with E-state index >= 15 is 0 Å². The van der Waals surface area contributed by atoms with E-state index in [1.54, 1.807) is 30.3 Å². The van der Waals surface area contributed by atoms with Crippen LogP contribution in [-0.2, 0) is 9.53 Å². The summed E-state index contributed by atoms with van der Waals surface area (Å²) in [6.45, 7) is 1.83. The van der Waals surface area contributed by atoms with Gasteiger partial charge in [0.2, 0.25) is 5.91 Å². The van der Waals surface area contributed by atoms with Gasteiger partial charge in [0.1, 0.15) is 5.52 Å². The third kappa shape index (κ3) is 3.77. The van der Waals surface area contributed by atoms with Crippen LogP contribution < -0.4 is 10.9 Å². The Kier molecular flexibility index (Phi) is 5.08. The van der Waals surface area contributed by atoms with Crippen LogP contribution in [0, 0.1) is 6.92 Å². The predicted molar refractivity (Wildman–Crippen MR) is 98.6 cm³/mol. The van der Waals surface area contributed by atoms with Gasteiger partial charge >= 0.3 is 5.97 Å². The van der Waals surface area contributed by atoms with Crippen molar-refractivity contribution in [1.29, 1.82) is 0 Å². The summed E-state index contributed by atoms with van der Waals surface area (Å²) in [5.74, 6) is -0.847. The number of anilines is 1. The molecule has 2 aromatic heterocycles. The van der Waals surface area contributed by atoms with Gasteiger partial charge in [-0.3, -0.25) is 14.6 Å². The van der Waals surface area contributed by atoms with Crippen LogP contribution in [0.1, 0.15) is 16.1 Å². The zero-order valence-corrected chi connectivity index (χ0v) is 14.9. The number of aryl methyl sites for hydroxylation is 1. The lowest BCUT2D eigenvalue weighted by Crippen LogP contribution is -2.17.